The zero-order chi connectivity index (χ0) is 17.6. The summed E-state index contributed by atoms with van der Waals surface area (Å²) < 4.78 is 27.2. The number of rotatable bonds is 8. The summed E-state index contributed by atoms with van der Waals surface area (Å²) >= 11 is 2.06. The zero-order valence-corrected chi connectivity index (χ0v) is 15.8. The Bertz CT molecular complexity index is 659. The van der Waals surface area contributed by atoms with Gasteiger partial charge < -0.3 is 11.1 Å². The van der Waals surface area contributed by atoms with Gasteiger partial charge in [-0.2, -0.15) is 0 Å². The standard InChI is InChI=1S/C14H20IN3O4S/c1-9(2)7-12(14(16)20)18-13(19)8-17-23(21,22)11-5-3-10(15)4-6-11/h3-6,9,12,17H,7-8H2,1-2H3,(H2,16,20)(H,18,19). The molecule has 0 radical (unpaired) electrons. The molecular weight excluding hydrogens is 433 g/mol. The van der Waals surface area contributed by atoms with E-state index >= 15 is 0 Å². The second-order valence-corrected chi connectivity index (χ2v) is 8.44. The Balaban J connectivity index is 2.64. The van der Waals surface area contributed by atoms with Crippen LogP contribution in [0.4, 0.5) is 0 Å². The van der Waals surface area contributed by atoms with Crippen LogP contribution in [0.5, 0.6) is 0 Å². The molecule has 0 aromatic heterocycles. The van der Waals surface area contributed by atoms with E-state index in [2.05, 4.69) is 32.6 Å². The van der Waals surface area contributed by atoms with Crippen molar-refractivity contribution >= 4 is 44.4 Å². The maximum absolute atomic E-state index is 12.1. The van der Waals surface area contributed by atoms with Crippen molar-refractivity contribution in [1.29, 1.82) is 0 Å². The van der Waals surface area contributed by atoms with E-state index in [0.717, 1.165) is 3.57 Å². The van der Waals surface area contributed by atoms with Gasteiger partial charge in [0, 0.05) is 3.57 Å². The Kier molecular flexibility index (Phi) is 7.42. The largest absolute Gasteiger partial charge is 0.368 e. The van der Waals surface area contributed by atoms with Crippen molar-refractivity contribution in [2.45, 2.75) is 31.2 Å². The number of carbonyl (C=O) groups is 2. The first-order valence-corrected chi connectivity index (χ1v) is 9.52. The highest BCUT2D eigenvalue weighted by Gasteiger charge is 2.21. The van der Waals surface area contributed by atoms with Gasteiger partial charge in [0.25, 0.3) is 0 Å². The second-order valence-electron chi connectivity index (χ2n) is 5.43. The summed E-state index contributed by atoms with van der Waals surface area (Å²) in [5.74, 6) is -1.09. The van der Waals surface area contributed by atoms with Crippen LogP contribution in [-0.2, 0) is 19.6 Å². The van der Waals surface area contributed by atoms with Crippen LogP contribution in [0.2, 0.25) is 0 Å². The molecule has 0 saturated carbocycles. The lowest BCUT2D eigenvalue weighted by Gasteiger charge is -2.17. The van der Waals surface area contributed by atoms with Crippen LogP contribution in [0.15, 0.2) is 29.2 Å². The molecule has 9 heteroatoms. The van der Waals surface area contributed by atoms with Crippen molar-refractivity contribution in [2.24, 2.45) is 11.7 Å². The molecule has 0 aliphatic heterocycles. The fourth-order valence-corrected chi connectivity index (χ4v) is 3.16. The monoisotopic (exact) mass is 453 g/mol. The predicted octanol–water partition coefficient (Wildman–Crippen LogP) is 0.586. The first kappa shape index (κ1) is 19.8. The molecule has 1 aromatic rings. The van der Waals surface area contributed by atoms with E-state index in [4.69, 9.17) is 5.73 Å². The third-order valence-electron chi connectivity index (χ3n) is 2.93. The SMILES string of the molecule is CC(C)CC(NC(=O)CNS(=O)(=O)c1ccc(I)cc1)C(N)=O. The topological polar surface area (TPSA) is 118 Å². The fraction of sp³-hybridized carbons (Fsp3) is 0.429. The Morgan fingerprint density at radius 1 is 1.22 bits per heavy atom. The van der Waals surface area contributed by atoms with E-state index in [0.29, 0.717) is 6.42 Å². The molecule has 2 amide bonds. The molecule has 1 atom stereocenters. The lowest BCUT2D eigenvalue weighted by Crippen LogP contribution is -2.48. The summed E-state index contributed by atoms with van der Waals surface area (Å²) in [6.07, 6.45) is 0.394. The number of primary amides is 1. The molecule has 1 unspecified atom stereocenters. The van der Waals surface area contributed by atoms with Gasteiger partial charge in [0.2, 0.25) is 21.8 Å². The van der Waals surface area contributed by atoms with Crippen LogP contribution in [0.3, 0.4) is 0 Å². The Labute approximate surface area is 149 Å². The molecule has 0 aliphatic rings. The third kappa shape index (κ3) is 6.83. The summed E-state index contributed by atoms with van der Waals surface area (Å²) in [4.78, 5) is 23.2. The first-order valence-electron chi connectivity index (χ1n) is 6.95. The van der Waals surface area contributed by atoms with Gasteiger partial charge in [0.1, 0.15) is 6.04 Å². The Morgan fingerprint density at radius 3 is 2.26 bits per heavy atom. The average molecular weight is 453 g/mol. The van der Waals surface area contributed by atoms with Crippen LogP contribution < -0.4 is 15.8 Å². The van der Waals surface area contributed by atoms with Crippen LogP contribution in [0.25, 0.3) is 0 Å². The maximum Gasteiger partial charge on any atom is 0.241 e. The minimum absolute atomic E-state index is 0.0688. The number of sulfonamides is 1. The van der Waals surface area contributed by atoms with Crippen molar-refractivity contribution in [3.63, 3.8) is 0 Å². The quantitative estimate of drug-likeness (QED) is 0.500. The van der Waals surface area contributed by atoms with Gasteiger partial charge in [0.05, 0.1) is 11.4 Å². The number of nitrogens with two attached hydrogens (primary N) is 1. The minimum atomic E-state index is -3.78. The number of hydrogen-bond acceptors (Lipinski definition) is 4. The van der Waals surface area contributed by atoms with Gasteiger partial charge in [0.15, 0.2) is 0 Å². The van der Waals surface area contributed by atoms with Gasteiger partial charge in [-0.3, -0.25) is 9.59 Å². The molecule has 0 spiro atoms. The van der Waals surface area contributed by atoms with E-state index in [-0.39, 0.29) is 10.8 Å². The van der Waals surface area contributed by atoms with Gasteiger partial charge in [-0.05, 0) is 59.2 Å². The third-order valence-corrected chi connectivity index (χ3v) is 5.07. The van der Waals surface area contributed by atoms with Gasteiger partial charge >= 0.3 is 0 Å². The highest BCUT2D eigenvalue weighted by atomic mass is 127. The van der Waals surface area contributed by atoms with Crippen LogP contribution in [0.1, 0.15) is 20.3 Å². The van der Waals surface area contributed by atoms with Gasteiger partial charge in [-0.25, -0.2) is 13.1 Å². The molecule has 4 N–H and O–H groups in total. The van der Waals surface area contributed by atoms with Crippen molar-refractivity contribution in [1.82, 2.24) is 10.0 Å². The molecule has 128 valence electrons. The summed E-state index contributed by atoms with van der Waals surface area (Å²) in [5.41, 5.74) is 5.23. The van der Waals surface area contributed by atoms with E-state index in [9.17, 15) is 18.0 Å². The summed E-state index contributed by atoms with van der Waals surface area (Å²) in [5, 5.41) is 2.44. The Hall–Kier alpha value is -1.20. The molecule has 1 aromatic carbocycles. The predicted molar refractivity (Wildman–Crippen MR) is 94.9 cm³/mol. The highest BCUT2D eigenvalue weighted by Crippen LogP contribution is 2.11. The van der Waals surface area contributed by atoms with E-state index in [1.807, 2.05) is 13.8 Å². The highest BCUT2D eigenvalue weighted by molar-refractivity contribution is 14.1. The van der Waals surface area contributed by atoms with Crippen molar-refractivity contribution in [3.8, 4) is 0 Å². The van der Waals surface area contributed by atoms with Crippen molar-refractivity contribution < 1.29 is 18.0 Å². The first-order chi connectivity index (χ1) is 10.6. The molecule has 0 saturated heterocycles. The van der Waals surface area contributed by atoms with Gasteiger partial charge in [-0.15, -0.1) is 0 Å². The molecule has 1 rings (SSSR count). The number of carbonyl (C=O) groups excluding carboxylic acids is 2. The average Bonchev–Trinajstić information content (AvgIpc) is 2.44. The van der Waals surface area contributed by atoms with Crippen molar-refractivity contribution in [2.75, 3.05) is 6.54 Å². The lowest BCUT2D eigenvalue weighted by molar-refractivity contribution is -0.127. The summed E-state index contributed by atoms with van der Waals surface area (Å²) in [6, 6.07) is 5.40. The van der Waals surface area contributed by atoms with Crippen LogP contribution in [-0.4, -0.2) is 32.8 Å². The van der Waals surface area contributed by atoms with E-state index in [1.165, 1.54) is 12.1 Å². The van der Waals surface area contributed by atoms with E-state index < -0.39 is 34.4 Å². The number of nitrogens with one attached hydrogen (secondary N) is 2. The molecule has 23 heavy (non-hydrogen) atoms. The molecule has 0 bridgehead atoms. The molecule has 0 fully saturated rings. The molecular formula is C14H20IN3O4S. The van der Waals surface area contributed by atoms with E-state index in [1.54, 1.807) is 12.1 Å². The lowest BCUT2D eigenvalue weighted by atomic mass is 10.0. The van der Waals surface area contributed by atoms with Crippen molar-refractivity contribution in [3.05, 3.63) is 27.8 Å². The number of hydrogen-bond donors (Lipinski definition) is 3. The number of halogens is 1. The smallest absolute Gasteiger partial charge is 0.241 e. The van der Waals surface area contributed by atoms with Gasteiger partial charge in [-0.1, -0.05) is 13.8 Å². The normalized spacial score (nSPS) is 12.9. The fourth-order valence-electron chi connectivity index (χ4n) is 1.82. The number of benzene rings is 1. The molecule has 7 nitrogen and oxygen atoms in total. The van der Waals surface area contributed by atoms with Crippen LogP contribution in [0, 0.1) is 9.49 Å². The number of amides is 2. The Morgan fingerprint density at radius 2 is 1.78 bits per heavy atom. The summed E-state index contributed by atoms with van der Waals surface area (Å²) in [7, 11) is -3.78. The minimum Gasteiger partial charge on any atom is -0.368 e. The maximum atomic E-state index is 12.1. The zero-order valence-electron chi connectivity index (χ0n) is 12.9. The molecule has 0 heterocycles. The second kappa shape index (κ2) is 8.60. The summed E-state index contributed by atoms with van der Waals surface area (Å²) in [6.45, 7) is 3.32. The molecule has 0 aliphatic carbocycles. The van der Waals surface area contributed by atoms with Crippen LogP contribution >= 0.6 is 22.6 Å².